The number of carbonyl (C=O) groups is 1. The molecule has 32 heavy (non-hydrogen) atoms. The van der Waals surface area contributed by atoms with Crippen molar-refractivity contribution in [2.75, 3.05) is 71.0 Å². The van der Waals surface area contributed by atoms with Crippen molar-refractivity contribution in [2.45, 2.75) is 32.1 Å². The minimum absolute atomic E-state index is 0. The first-order valence-corrected chi connectivity index (χ1v) is 11.6. The molecule has 10 heteroatoms. The van der Waals surface area contributed by atoms with Gasteiger partial charge in [-0.15, -0.1) is 24.0 Å². The molecule has 3 aliphatic rings. The SMILES string of the molecule is CN=C(NCC1(CN2CCOCC2)CCCCC1)N1CCN(c2cnn(C)c2)C(=O)C1.I. The lowest BCUT2D eigenvalue weighted by Gasteiger charge is -2.43. The van der Waals surface area contributed by atoms with E-state index in [1.807, 2.05) is 25.2 Å². The van der Waals surface area contributed by atoms with Crippen LogP contribution in [0.3, 0.4) is 0 Å². The van der Waals surface area contributed by atoms with E-state index in [1.54, 1.807) is 10.9 Å². The summed E-state index contributed by atoms with van der Waals surface area (Å²) in [5.74, 6) is 0.925. The fraction of sp³-hybridized carbons (Fsp3) is 0.773. The molecule has 1 amide bonds. The summed E-state index contributed by atoms with van der Waals surface area (Å²) in [6, 6.07) is 0. The molecule has 3 fully saturated rings. The molecule has 0 unspecified atom stereocenters. The normalized spacial score (nSPS) is 22.6. The Morgan fingerprint density at radius 2 is 1.94 bits per heavy atom. The summed E-state index contributed by atoms with van der Waals surface area (Å²) in [7, 11) is 3.68. The van der Waals surface area contributed by atoms with Crippen LogP contribution in [-0.4, -0.2) is 97.5 Å². The second-order valence-corrected chi connectivity index (χ2v) is 9.19. The van der Waals surface area contributed by atoms with Gasteiger partial charge in [0.25, 0.3) is 0 Å². The number of carbonyl (C=O) groups excluding carboxylic acids is 1. The Balaban J connectivity index is 0.00000289. The van der Waals surface area contributed by atoms with Crippen molar-refractivity contribution >= 4 is 41.5 Å². The van der Waals surface area contributed by atoms with Crippen LogP contribution in [0.1, 0.15) is 32.1 Å². The molecule has 2 saturated heterocycles. The Morgan fingerprint density at radius 3 is 2.56 bits per heavy atom. The third-order valence-corrected chi connectivity index (χ3v) is 6.93. The number of anilines is 1. The van der Waals surface area contributed by atoms with E-state index in [9.17, 15) is 4.79 Å². The maximum atomic E-state index is 12.8. The van der Waals surface area contributed by atoms with Crippen LogP contribution < -0.4 is 10.2 Å². The fourth-order valence-electron chi connectivity index (χ4n) is 5.20. The van der Waals surface area contributed by atoms with E-state index in [4.69, 9.17) is 4.74 Å². The summed E-state index contributed by atoms with van der Waals surface area (Å²) < 4.78 is 7.27. The van der Waals surface area contributed by atoms with Gasteiger partial charge in [-0.1, -0.05) is 19.3 Å². The maximum absolute atomic E-state index is 12.8. The zero-order chi connectivity index (χ0) is 21.7. The van der Waals surface area contributed by atoms with E-state index in [-0.39, 0.29) is 35.3 Å². The highest BCUT2D eigenvalue weighted by Crippen LogP contribution is 2.37. The van der Waals surface area contributed by atoms with Gasteiger partial charge >= 0.3 is 0 Å². The third kappa shape index (κ3) is 6.13. The number of aromatic nitrogens is 2. The molecule has 2 aliphatic heterocycles. The molecule has 4 rings (SSSR count). The molecule has 0 atom stereocenters. The maximum Gasteiger partial charge on any atom is 0.246 e. The Kier molecular flexibility index (Phi) is 9.18. The summed E-state index contributed by atoms with van der Waals surface area (Å²) in [5, 5.41) is 7.84. The first kappa shape index (κ1) is 25.2. The van der Waals surface area contributed by atoms with Crippen LogP contribution in [-0.2, 0) is 16.6 Å². The molecule has 3 heterocycles. The quantitative estimate of drug-likeness (QED) is 0.335. The molecule has 0 bridgehead atoms. The monoisotopic (exact) mass is 559 g/mol. The van der Waals surface area contributed by atoms with Gasteiger partial charge < -0.3 is 19.9 Å². The summed E-state index contributed by atoms with van der Waals surface area (Å²) in [6.45, 7) is 7.51. The summed E-state index contributed by atoms with van der Waals surface area (Å²) in [4.78, 5) is 23.8. The lowest BCUT2D eigenvalue weighted by Crippen LogP contribution is -2.57. The van der Waals surface area contributed by atoms with Crippen LogP contribution >= 0.6 is 24.0 Å². The Bertz CT molecular complexity index is 772. The number of guanidine groups is 1. The minimum atomic E-state index is 0. The largest absolute Gasteiger partial charge is 0.379 e. The first-order chi connectivity index (χ1) is 15.1. The van der Waals surface area contributed by atoms with Gasteiger partial charge in [-0.05, 0) is 12.8 Å². The lowest BCUT2D eigenvalue weighted by molar-refractivity contribution is -0.120. The van der Waals surface area contributed by atoms with Crippen LogP contribution in [0.2, 0.25) is 0 Å². The smallest absolute Gasteiger partial charge is 0.246 e. The lowest BCUT2D eigenvalue weighted by atomic mass is 9.73. The fourth-order valence-corrected chi connectivity index (χ4v) is 5.20. The Hall–Kier alpha value is -1.40. The average Bonchev–Trinajstić information content (AvgIpc) is 3.21. The number of aliphatic imine (C=N–C) groups is 1. The van der Waals surface area contributed by atoms with Gasteiger partial charge in [0.1, 0.15) is 6.54 Å². The molecule has 1 saturated carbocycles. The molecule has 1 aliphatic carbocycles. The van der Waals surface area contributed by atoms with Crippen LogP contribution in [0.5, 0.6) is 0 Å². The predicted molar refractivity (Wildman–Crippen MR) is 137 cm³/mol. The molecule has 1 aromatic rings. The van der Waals surface area contributed by atoms with E-state index in [1.165, 1.54) is 32.1 Å². The summed E-state index contributed by atoms with van der Waals surface area (Å²) >= 11 is 0. The van der Waals surface area contributed by atoms with E-state index in [0.29, 0.717) is 13.1 Å². The standard InChI is InChI=1S/C22H37N7O2.HI/c1-23-21(28-8-9-29(20(30)16-28)19-14-25-26(2)15-19)24-17-22(6-4-3-5-7-22)18-27-10-12-31-13-11-27;/h14-15H,3-13,16-18H2,1-2H3,(H,23,24);1H. The number of morpholine rings is 1. The molecule has 0 radical (unpaired) electrons. The number of amides is 1. The van der Waals surface area contributed by atoms with Gasteiger partial charge in [0.05, 0.1) is 25.1 Å². The van der Waals surface area contributed by atoms with Gasteiger partial charge in [-0.25, -0.2) is 0 Å². The van der Waals surface area contributed by atoms with Crippen LogP contribution in [0, 0.1) is 5.41 Å². The highest BCUT2D eigenvalue weighted by Gasteiger charge is 2.35. The second kappa shape index (κ2) is 11.6. The predicted octanol–water partition coefficient (Wildman–Crippen LogP) is 1.54. The molecule has 180 valence electrons. The molecule has 1 aromatic heterocycles. The number of nitrogens with one attached hydrogen (secondary N) is 1. The van der Waals surface area contributed by atoms with E-state index < -0.39 is 0 Å². The third-order valence-electron chi connectivity index (χ3n) is 6.93. The number of halogens is 1. The van der Waals surface area contributed by atoms with E-state index in [0.717, 1.165) is 57.6 Å². The number of hydrogen-bond acceptors (Lipinski definition) is 5. The first-order valence-electron chi connectivity index (χ1n) is 11.6. The molecule has 9 nitrogen and oxygen atoms in total. The van der Waals surface area contributed by atoms with Crippen LogP contribution in [0.4, 0.5) is 5.69 Å². The topological polar surface area (TPSA) is 78.2 Å². The number of rotatable bonds is 5. The van der Waals surface area contributed by atoms with Gasteiger partial charge in [0, 0.05) is 65.0 Å². The second-order valence-electron chi connectivity index (χ2n) is 9.19. The number of hydrogen-bond donors (Lipinski definition) is 1. The zero-order valence-electron chi connectivity index (χ0n) is 19.5. The number of aryl methyl sites for hydroxylation is 1. The van der Waals surface area contributed by atoms with Crippen molar-refractivity contribution in [3.05, 3.63) is 12.4 Å². The van der Waals surface area contributed by atoms with Gasteiger partial charge in [0.2, 0.25) is 5.91 Å². The van der Waals surface area contributed by atoms with Gasteiger partial charge in [-0.2, -0.15) is 5.10 Å². The van der Waals surface area contributed by atoms with Crippen molar-refractivity contribution in [3.8, 4) is 0 Å². The van der Waals surface area contributed by atoms with Crippen molar-refractivity contribution in [3.63, 3.8) is 0 Å². The molecule has 0 spiro atoms. The van der Waals surface area contributed by atoms with Crippen molar-refractivity contribution in [2.24, 2.45) is 17.5 Å². The van der Waals surface area contributed by atoms with E-state index in [2.05, 4.69) is 25.2 Å². The van der Waals surface area contributed by atoms with Crippen molar-refractivity contribution < 1.29 is 9.53 Å². The number of nitrogens with zero attached hydrogens (tertiary/aromatic N) is 6. The minimum Gasteiger partial charge on any atom is -0.379 e. The molecule has 1 N–H and O–H groups in total. The number of piperazine rings is 1. The van der Waals surface area contributed by atoms with Gasteiger partial charge in [-0.3, -0.25) is 19.4 Å². The molecular formula is C22H38IN7O2. The molecule has 0 aromatic carbocycles. The van der Waals surface area contributed by atoms with Crippen molar-refractivity contribution in [1.29, 1.82) is 0 Å². The highest BCUT2D eigenvalue weighted by molar-refractivity contribution is 14.0. The molecular weight excluding hydrogens is 521 g/mol. The average molecular weight is 559 g/mol. The summed E-state index contributed by atoms with van der Waals surface area (Å²) in [6.07, 6.45) is 10.1. The summed E-state index contributed by atoms with van der Waals surface area (Å²) in [5.41, 5.74) is 1.13. The highest BCUT2D eigenvalue weighted by atomic mass is 127. The Morgan fingerprint density at radius 1 is 1.19 bits per heavy atom. The zero-order valence-corrected chi connectivity index (χ0v) is 21.8. The Labute approximate surface area is 208 Å². The van der Waals surface area contributed by atoms with Crippen LogP contribution in [0.15, 0.2) is 17.4 Å². The number of ether oxygens (including phenoxy) is 1. The van der Waals surface area contributed by atoms with Crippen molar-refractivity contribution in [1.82, 2.24) is 24.9 Å². The van der Waals surface area contributed by atoms with Crippen LogP contribution in [0.25, 0.3) is 0 Å². The van der Waals surface area contributed by atoms with E-state index >= 15 is 0 Å². The van der Waals surface area contributed by atoms with Gasteiger partial charge in [0.15, 0.2) is 5.96 Å².